The second-order valence-corrected chi connectivity index (χ2v) is 3.30. The van der Waals surface area contributed by atoms with E-state index in [2.05, 4.69) is 5.32 Å². The first-order valence-electron chi connectivity index (χ1n) is 4.49. The van der Waals surface area contributed by atoms with E-state index in [9.17, 15) is 14.4 Å². The molecule has 7 heteroatoms. The van der Waals surface area contributed by atoms with E-state index in [0.717, 1.165) is 4.90 Å². The van der Waals surface area contributed by atoms with Crippen LogP contribution in [0.15, 0.2) is 0 Å². The number of carbonyl (C=O) groups is 3. The minimum absolute atomic E-state index is 0.0111. The number of nitrogens with one attached hydrogen (secondary N) is 1. The van der Waals surface area contributed by atoms with Crippen molar-refractivity contribution in [3.63, 3.8) is 0 Å². The monoisotopic (exact) mass is 215 g/mol. The first-order valence-corrected chi connectivity index (χ1v) is 4.49. The lowest BCUT2D eigenvalue weighted by Crippen LogP contribution is -2.53. The van der Waals surface area contributed by atoms with Gasteiger partial charge in [-0.1, -0.05) is 0 Å². The zero-order chi connectivity index (χ0) is 11.4. The molecule has 1 aliphatic heterocycles. The molecule has 2 N–H and O–H groups in total. The van der Waals surface area contributed by atoms with Gasteiger partial charge in [0.25, 0.3) is 0 Å². The first kappa shape index (κ1) is 11.3. The number of hydrogen-bond donors (Lipinski definition) is 2. The molecule has 84 valence electrons. The molecule has 0 saturated carbocycles. The number of urea groups is 1. The summed E-state index contributed by atoms with van der Waals surface area (Å²) in [7, 11) is 1.39. The van der Waals surface area contributed by atoms with Gasteiger partial charge in [0.1, 0.15) is 13.1 Å². The third kappa shape index (κ3) is 3.12. The van der Waals surface area contributed by atoms with Crippen LogP contribution in [0.4, 0.5) is 4.79 Å². The number of likely N-dealkylation sites (N-methyl/N-ethyl adjacent to an activating group) is 1. The predicted octanol–water partition coefficient (Wildman–Crippen LogP) is -1.45. The van der Waals surface area contributed by atoms with Crippen LogP contribution < -0.4 is 5.32 Å². The molecule has 0 aliphatic carbocycles. The minimum atomic E-state index is -1.08. The lowest BCUT2D eigenvalue weighted by molar-refractivity contribution is -0.137. The number of carboxylic acids is 1. The SMILES string of the molecule is CN(CC(=O)O)C(=O)N1CCNC(=O)C1. The van der Waals surface area contributed by atoms with E-state index in [1.54, 1.807) is 0 Å². The zero-order valence-electron chi connectivity index (χ0n) is 8.39. The van der Waals surface area contributed by atoms with Gasteiger partial charge in [-0.25, -0.2) is 4.79 Å². The number of rotatable bonds is 2. The van der Waals surface area contributed by atoms with Crippen LogP contribution in [0.1, 0.15) is 0 Å². The number of hydrogen-bond acceptors (Lipinski definition) is 3. The van der Waals surface area contributed by atoms with Crippen LogP contribution in [0.25, 0.3) is 0 Å². The zero-order valence-corrected chi connectivity index (χ0v) is 8.39. The molecule has 7 nitrogen and oxygen atoms in total. The fourth-order valence-corrected chi connectivity index (χ4v) is 1.31. The minimum Gasteiger partial charge on any atom is -0.480 e. The molecule has 0 aromatic heterocycles. The largest absolute Gasteiger partial charge is 0.480 e. The van der Waals surface area contributed by atoms with E-state index in [-0.39, 0.29) is 19.0 Å². The van der Waals surface area contributed by atoms with E-state index in [4.69, 9.17) is 5.11 Å². The van der Waals surface area contributed by atoms with Crippen molar-refractivity contribution in [1.29, 1.82) is 0 Å². The predicted molar refractivity (Wildman–Crippen MR) is 50.2 cm³/mol. The summed E-state index contributed by atoms with van der Waals surface area (Å²) in [5.41, 5.74) is 0. The van der Waals surface area contributed by atoms with Crippen molar-refractivity contribution in [2.75, 3.05) is 33.2 Å². The molecular weight excluding hydrogens is 202 g/mol. The van der Waals surface area contributed by atoms with Crippen molar-refractivity contribution in [2.45, 2.75) is 0 Å². The Balaban J connectivity index is 2.51. The van der Waals surface area contributed by atoms with Crippen molar-refractivity contribution in [1.82, 2.24) is 15.1 Å². The van der Waals surface area contributed by atoms with E-state index in [0.29, 0.717) is 13.1 Å². The third-order valence-corrected chi connectivity index (χ3v) is 2.01. The Morgan fingerprint density at radius 1 is 1.60 bits per heavy atom. The highest BCUT2D eigenvalue weighted by molar-refractivity contribution is 5.86. The number of aliphatic carboxylic acids is 1. The van der Waals surface area contributed by atoms with Gasteiger partial charge in [-0.15, -0.1) is 0 Å². The lowest BCUT2D eigenvalue weighted by Gasteiger charge is -2.30. The van der Waals surface area contributed by atoms with E-state index in [1.807, 2.05) is 0 Å². The highest BCUT2D eigenvalue weighted by atomic mass is 16.4. The van der Waals surface area contributed by atoms with Gasteiger partial charge in [0.2, 0.25) is 5.91 Å². The molecule has 0 radical (unpaired) electrons. The molecule has 1 heterocycles. The van der Waals surface area contributed by atoms with Gasteiger partial charge in [0, 0.05) is 20.1 Å². The number of carbonyl (C=O) groups excluding carboxylic acids is 2. The summed E-state index contributed by atoms with van der Waals surface area (Å²) in [6.07, 6.45) is 0. The molecule has 0 aromatic rings. The summed E-state index contributed by atoms with van der Waals surface area (Å²) in [5, 5.41) is 11.1. The molecule has 3 amide bonds. The van der Waals surface area contributed by atoms with E-state index >= 15 is 0 Å². The highest BCUT2D eigenvalue weighted by Crippen LogP contribution is 1.99. The Kier molecular flexibility index (Phi) is 3.48. The van der Waals surface area contributed by atoms with Crippen molar-refractivity contribution in [2.24, 2.45) is 0 Å². The Morgan fingerprint density at radius 2 is 2.27 bits per heavy atom. The first-order chi connectivity index (χ1) is 7.00. The van der Waals surface area contributed by atoms with Gasteiger partial charge in [-0.05, 0) is 0 Å². The summed E-state index contributed by atoms with van der Waals surface area (Å²) in [4.78, 5) is 35.3. The Morgan fingerprint density at radius 3 is 2.80 bits per heavy atom. The molecule has 0 atom stereocenters. The number of nitrogens with zero attached hydrogens (tertiary/aromatic N) is 2. The maximum absolute atomic E-state index is 11.6. The second kappa shape index (κ2) is 4.63. The highest BCUT2D eigenvalue weighted by Gasteiger charge is 2.24. The topological polar surface area (TPSA) is 90.0 Å². The summed E-state index contributed by atoms with van der Waals surface area (Å²) in [6, 6.07) is -0.438. The van der Waals surface area contributed by atoms with Crippen molar-refractivity contribution in [3.8, 4) is 0 Å². The van der Waals surface area contributed by atoms with Crippen LogP contribution in [0, 0.1) is 0 Å². The van der Waals surface area contributed by atoms with Gasteiger partial charge in [-0.2, -0.15) is 0 Å². The Bertz CT molecular complexity index is 292. The van der Waals surface area contributed by atoms with Gasteiger partial charge in [0.15, 0.2) is 0 Å². The average molecular weight is 215 g/mol. The Labute approximate surface area is 86.6 Å². The Hall–Kier alpha value is -1.79. The molecule has 0 aromatic carbocycles. The maximum Gasteiger partial charge on any atom is 0.323 e. The maximum atomic E-state index is 11.6. The molecule has 0 spiro atoms. The molecular formula is C8H13N3O4. The normalized spacial score (nSPS) is 15.8. The van der Waals surface area contributed by atoms with Crippen molar-refractivity contribution >= 4 is 17.9 Å². The molecule has 1 saturated heterocycles. The summed E-state index contributed by atoms with van der Waals surface area (Å²) in [5.74, 6) is -1.30. The van der Waals surface area contributed by atoms with Gasteiger partial charge >= 0.3 is 12.0 Å². The molecule has 0 unspecified atom stereocenters. The lowest BCUT2D eigenvalue weighted by atomic mass is 10.3. The summed E-state index contributed by atoms with van der Waals surface area (Å²) < 4.78 is 0. The van der Waals surface area contributed by atoms with Crippen LogP contribution in [-0.4, -0.2) is 66.0 Å². The van der Waals surface area contributed by atoms with E-state index < -0.39 is 12.0 Å². The average Bonchev–Trinajstić information content (AvgIpc) is 2.15. The van der Waals surface area contributed by atoms with Crippen LogP contribution in [0.2, 0.25) is 0 Å². The second-order valence-electron chi connectivity index (χ2n) is 3.30. The van der Waals surface area contributed by atoms with Crippen molar-refractivity contribution in [3.05, 3.63) is 0 Å². The standard InChI is InChI=1S/C8H13N3O4/c1-10(5-7(13)14)8(15)11-3-2-9-6(12)4-11/h2-5H2,1H3,(H,9,12)(H,13,14). The van der Waals surface area contributed by atoms with Gasteiger partial charge in [0.05, 0.1) is 0 Å². The molecule has 15 heavy (non-hydrogen) atoms. The summed E-state index contributed by atoms with van der Waals surface area (Å²) in [6.45, 7) is 0.444. The number of carboxylic acid groups (broad SMARTS) is 1. The molecule has 1 aliphatic rings. The fourth-order valence-electron chi connectivity index (χ4n) is 1.31. The number of piperazine rings is 1. The van der Waals surface area contributed by atoms with E-state index in [1.165, 1.54) is 11.9 Å². The summed E-state index contributed by atoms with van der Waals surface area (Å²) >= 11 is 0. The van der Waals surface area contributed by atoms with Crippen LogP contribution in [0.3, 0.4) is 0 Å². The smallest absolute Gasteiger partial charge is 0.323 e. The van der Waals surface area contributed by atoms with Crippen molar-refractivity contribution < 1.29 is 19.5 Å². The molecule has 0 bridgehead atoms. The molecule has 1 fully saturated rings. The third-order valence-electron chi connectivity index (χ3n) is 2.01. The van der Waals surface area contributed by atoms with Crippen LogP contribution >= 0.6 is 0 Å². The quantitative estimate of drug-likeness (QED) is 0.590. The van der Waals surface area contributed by atoms with Gasteiger partial charge < -0.3 is 20.2 Å². The fraction of sp³-hybridized carbons (Fsp3) is 0.625. The molecule has 1 rings (SSSR count). The number of amides is 3. The van der Waals surface area contributed by atoms with Crippen LogP contribution in [0.5, 0.6) is 0 Å². The van der Waals surface area contributed by atoms with Crippen LogP contribution in [-0.2, 0) is 9.59 Å². The van der Waals surface area contributed by atoms with Gasteiger partial charge in [-0.3, -0.25) is 9.59 Å².